The maximum Gasteiger partial charge on any atom is 0.422 e. The summed E-state index contributed by atoms with van der Waals surface area (Å²) in [5.41, 5.74) is 1.45. The van der Waals surface area contributed by atoms with Crippen LogP contribution in [0.4, 0.5) is 13.2 Å². The zero-order valence-electron chi connectivity index (χ0n) is 14.7. The van der Waals surface area contributed by atoms with E-state index in [9.17, 15) is 18.0 Å². The Hall–Kier alpha value is -2.62. The van der Waals surface area contributed by atoms with E-state index < -0.39 is 18.8 Å². The van der Waals surface area contributed by atoms with Gasteiger partial charge in [-0.25, -0.2) is 9.97 Å². The first kappa shape index (κ1) is 18.7. The van der Waals surface area contributed by atoms with E-state index in [0.29, 0.717) is 22.8 Å². The lowest BCUT2D eigenvalue weighted by Gasteiger charge is -2.11. The van der Waals surface area contributed by atoms with Crippen molar-refractivity contribution in [2.45, 2.75) is 31.5 Å². The van der Waals surface area contributed by atoms with Crippen LogP contribution in [0.1, 0.15) is 36.1 Å². The molecule has 2 heterocycles. The van der Waals surface area contributed by atoms with E-state index in [4.69, 9.17) is 4.42 Å². The number of halogens is 3. The molecule has 1 aromatic carbocycles. The fraction of sp³-hybridized carbons (Fsp3) is 0.389. The molecule has 1 fully saturated rings. The van der Waals surface area contributed by atoms with Crippen molar-refractivity contribution < 1.29 is 27.1 Å². The number of para-hydroxylation sites is 2. The molecule has 1 amide bonds. The van der Waals surface area contributed by atoms with Crippen molar-refractivity contribution in [3.63, 3.8) is 0 Å². The van der Waals surface area contributed by atoms with Gasteiger partial charge in [-0.3, -0.25) is 4.79 Å². The number of nitrogens with zero attached hydrogens (tertiary/aromatic N) is 2. The van der Waals surface area contributed by atoms with Crippen LogP contribution < -0.4 is 10.1 Å². The molecule has 0 aliphatic heterocycles. The third kappa shape index (κ3) is 4.11. The van der Waals surface area contributed by atoms with Crippen molar-refractivity contribution in [2.75, 3.05) is 6.61 Å². The molecule has 6 nitrogen and oxygen atoms in total. The second-order valence-electron chi connectivity index (χ2n) is 6.63. The summed E-state index contributed by atoms with van der Waals surface area (Å²) in [5.74, 6) is 0.108. The summed E-state index contributed by atoms with van der Waals surface area (Å²) >= 11 is 0.977. The van der Waals surface area contributed by atoms with Gasteiger partial charge in [0.15, 0.2) is 18.1 Å². The maximum absolute atomic E-state index is 12.5. The third-order valence-corrected chi connectivity index (χ3v) is 5.49. The summed E-state index contributed by atoms with van der Waals surface area (Å²) in [6, 6.07) is 7.02. The largest absolute Gasteiger partial charge is 0.460 e. The molecule has 0 saturated heterocycles. The van der Waals surface area contributed by atoms with Crippen molar-refractivity contribution in [1.82, 2.24) is 15.3 Å². The van der Waals surface area contributed by atoms with Crippen LogP contribution >= 0.6 is 11.3 Å². The first-order valence-corrected chi connectivity index (χ1v) is 9.43. The highest BCUT2D eigenvalue weighted by atomic mass is 32.1. The normalized spacial score (nSPS) is 20.1. The van der Waals surface area contributed by atoms with Gasteiger partial charge in [-0.15, -0.1) is 0 Å². The van der Waals surface area contributed by atoms with Gasteiger partial charge in [0.2, 0.25) is 5.91 Å². The Balaban J connectivity index is 1.33. The van der Waals surface area contributed by atoms with Crippen molar-refractivity contribution >= 4 is 28.3 Å². The second kappa shape index (κ2) is 7.08. The predicted octanol–water partition coefficient (Wildman–Crippen LogP) is 4.21. The quantitative estimate of drug-likeness (QED) is 0.658. The fourth-order valence-electron chi connectivity index (χ4n) is 2.88. The number of oxazole rings is 1. The molecule has 4 rings (SSSR count). The van der Waals surface area contributed by atoms with Crippen LogP contribution in [-0.2, 0) is 4.79 Å². The van der Waals surface area contributed by atoms with Crippen molar-refractivity contribution in [1.29, 1.82) is 0 Å². The van der Waals surface area contributed by atoms with Crippen LogP contribution in [0.2, 0.25) is 0 Å². The summed E-state index contributed by atoms with van der Waals surface area (Å²) in [6.45, 7) is 0.352. The zero-order valence-corrected chi connectivity index (χ0v) is 15.5. The molecular formula is C18H16F3N3O3S. The number of carbonyl (C=O) groups excluding carboxylic acids is 1. The molecule has 1 saturated carbocycles. The maximum atomic E-state index is 12.5. The molecule has 10 heteroatoms. The smallest absolute Gasteiger partial charge is 0.422 e. The number of nitrogens with one attached hydrogen (secondary N) is 1. The van der Waals surface area contributed by atoms with Gasteiger partial charge in [0, 0.05) is 12.1 Å². The number of thiazole rings is 1. The number of fused-ring (bicyclic) bond motifs is 1. The molecule has 1 N–H and O–H groups in total. The van der Waals surface area contributed by atoms with E-state index in [0.717, 1.165) is 16.9 Å². The summed E-state index contributed by atoms with van der Waals surface area (Å²) in [6.07, 6.45) is -2.36. The van der Waals surface area contributed by atoms with E-state index in [2.05, 4.69) is 20.0 Å². The van der Waals surface area contributed by atoms with Gasteiger partial charge >= 0.3 is 6.18 Å². The molecule has 0 radical (unpaired) electrons. The van der Waals surface area contributed by atoms with Crippen LogP contribution in [0.3, 0.4) is 0 Å². The minimum absolute atomic E-state index is 0.0632. The Labute approximate surface area is 161 Å². The van der Waals surface area contributed by atoms with Gasteiger partial charge in [0.1, 0.15) is 5.52 Å². The average Bonchev–Trinajstić information content (AvgIpc) is 3.11. The number of amides is 1. The summed E-state index contributed by atoms with van der Waals surface area (Å²) in [4.78, 5) is 21.3. The van der Waals surface area contributed by atoms with Gasteiger partial charge in [0.25, 0.3) is 5.19 Å². The van der Waals surface area contributed by atoms with Crippen LogP contribution in [0.5, 0.6) is 5.19 Å². The lowest BCUT2D eigenvalue weighted by Crippen LogP contribution is -2.28. The van der Waals surface area contributed by atoms with Gasteiger partial charge in [-0.05, 0) is 25.5 Å². The van der Waals surface area contributed by atoms with Crippen molar-refractivity contribution in [3.8, 4) is 5.19 Å². The highest BCUT2D eigenvalue weighted by Crippen LogP contribution is 2.48. The molecule has 3 aromatic rings. The topological polar surface area (TPSA) is 77.3 Å². The number of alkyl halides is 3. The Morgan fingerprint density at radius 3 is 2.96 bits per heavy atom. The number of aromatic nitrogens is 2. The van der Waals surface area contributed by atoms with E-state index in [1.54, 1.807) is 6.92 Å². The number of rotatable bonds is 6. The van der Waals surface area contributed by atoms with Crippen molar-refractivity contribution in [2.24, 2.45) is 5.92 Å². The third-order valence-electron chi connectivity index (χ3n) is 4.40. The second-order valence-corrected chi connectivity index (χ2v) is 7.66. The Bertz CT molecular complexity index is 968. The van der Waals surface area contributed by atoms with Crippen LogP contribution in [0.25, 0.3) is 11.1 Å². The molecule has 28 heavy (non-hydrogen) atoms. The number of hydrogen-bond acceptors (Lipinski definition) is 6. The summed E-state index contributed by atoms with van der Waals surface area (Å²) in [5, 5.41) is 2.78. The van der Waals surface area contributed by atoms with E-state index in [1.165, 1.54) is 6.20 Å². The minimum Gasteiger partial charge on any atom is -0.460 e. The average molecular weight is 411 g/mol. The molecule has 1 unspecified atom stereocenters. The SMILES string of the molecule is CC(NC(=O)[C@H]1C[C@@H]1c1nc2ccccc2o1)c1cnc(OCC(F)(F)F)s1. The van der Waals surface area contributed by atoms with Crippen LogP contribution in [0.15, 0.2) is 34.9 Å². The number of carbonyl (C=O) groups is 1. The van der Waals surface area contributed by atoms with Gasteiger partial charge in [-0.1, -0.05) is 23.5 Å². The van der Waals surface area contributed by atoms with E-state index in [1.807, 2.05) is 24.3 Å². The van der Waals surface area contributed by atoms with Crippen LogP contribution in [0, 0.1) is 5.92 Å². The number of hydrogen-bond donors (Lipinski definition) is 1. The van der Waals surface area contributed by atoms with Crippen molar-refractivity contribution in [3.05, 3.63) is 41.2 Å². The first-order chi connectivity index (χ1) is 13.3. The number of ether oxygens (including phenoxy) is 1. The molecule has 0 bridgehead atoms. The van der Waals surface area contributed by atoms with E-state index in [-0.39, 0.29) is 22.9 Å². The van der Waals surface area contributed by atoms with Gasteiger partial charge < -0.3 is 14.5 Å². The molecule has 3 atom stereocenters. The lowest BCUT2D eigenvalue weighted by molar-refractivity contribution is -0.153. The molecular weight excluding hydrogens is 395 g/mol. The highest BCUT2D eigenvalue weighted by Gasteiger charge is 2.47. The Morgan fingerprint density at radius 1 is 1.43 bits per heavy atom. The predicted molar refractivity (Wildman–Crippen MR) is 95.1 cm³/mol. The molecule has 1 aliphatic carbocycles. The lowest BCUT2D eigenvalue weighted by atomic mass is 10.2. The van der Waals surface area contributed by atoms with E-state index >= 15 is 0 Å². The van der Waals surface area contributed by atoms with Gasteiger partial charge in [-0.2, -0.15) is 13.2 Å². The highest BCUT2D eigenvalue weighted by molar-refractivity contribution is 7.13. The minimum atomic E-state index is -4.42. The summed E-state index contributed by atoms with van der Waals surface area (Å²) in [7, 11) is 0. The molecule has 1 aliphatic rings. The Morgan fingerprint density at radius 2 is 2.21 bits per heavy atom. The zero-order chi connectivity index (χ0) is 19.9. The van der Waals surface area contributed by atoms with Crippen LogP contribution in [-0.4, -0.2) is 28.7 Å². The Kier molecular flexibility index (Phi) is 4.74. The molecule has 0 spiro atoms. The summed E-state index contributed by atoms with van der Waals surface area (Å²) < 4.78 is 46.9. The first-order valence-electron chi connectivity index (χ1n) is 8.61. The monoisotopic (exact) mass is 411 g/mol. The standard InChI is InChI=1S/C18H16F3N3O3S/c1-9(14-7-22-17(28-14)26-8-18(19,20)21)23-15(25)10-6-11(10)16-24-12-4-2-3-5-13(12)27-16/h2-5,7,9-11H,6,8H2,1H3,(H,23,25)/t9?,10-,11-/m0/s1. The fourth-order valence-corrected chi connectivity index (χ4v) is 3.64. The molecule has 148 valence electrons. The van der Waals surface area contributed by atoms with Gasteiger partial charge in [0.05, 0.1) is 16.8 Å². The molecule has 2 aromatic heterocycles. The number of benzene rings is 1.